The third kappa shape index (κ3) is 10.9. The second-order valence-corrected chi connectivity index (χ2v) is 41.2. The molecule has 15 rings (SSSR count). The predicted octanol–water partition coefficient (Wildman–Crippen LogP) is 9.52. The Morgan fingerprint density at radius 1 is 0.170 bits per heavy atom. The zero-order valence-corrected chi connectivity index (χ0v) is 57.4. The van der Waals surface area contributed by atoms with Crippen molar-refractivity contribution in [3.63, 3.8) is 0 Å². The summed E-state index contributed by atoms with van der Waals surface area (Å²) in [6, 6.07) is 144. The Labute approximate surface area is 562 Å². The van der Waals surface area contributed by atoms with Crippen molar-refractivity contribution in [2.75, 3.05) is 0 Å². The number of aromatic nitrogens is 3. The average Bonchev–Trinajstić information content (AvgIpc) is 0.731. The molecule has 12 aromatic carbocycles. The molecule has 0 radical (unpaired) electrons. The van der Waals surface area contributed by atoms with Crippen LogP contribution in [0.25, 0.3) is 33.8 Å². The summed E-state index contributed by atoms with van der Waals surface area (Å²) < 4.78 is 3.92. The summed E-state index contributed by atoms with van der Waals surface area (Å²) in [6.45, 7) is 0. The molecule has 0 fully saturated rings. The molecule has 0 N–H and O–H groups in total. The molecule has 3 heterocycles. The fraction of sp³-hybridized carbons (Fsp3) is 0. The topological polar surface area (TPSA) is 38.7 Å². The molecule has 0 aliphatic carbocycles. The van der Waals surface area contributed by atoms with Crippen molar-refractivity contribution in [1.29, 1.82) is 0 Å². The Kier molecular flexibility index (Phi) is 17.2. The van der Waals surface area contributed by atoms with Gasteiger partial charge in [-0.1, -0.05) is 0 Å². The zero-order chi connectivity index (χ0) is 63.0. The maximum atomic E-state index is 5.39. The first-order chi connectivity index (χ1) is 46.7. The zero-order valence-electron chi connectivity index (χ0n) is 51.9. The minimum absolute atomic E-state index is 0.930. The van der Waals surface area contributed by atoms with Crippen molar-refractivity contribution in [2.45, 2.75) is 0 Å². The van der Waals surface area contributed by atoms with Gasteiger partial charge in [0.05, 0.1) is 0 Å². The molecule has 0 aliphatic heterocycles. The second kappa shape index (κ2) is 27.0. The van der Waals surface area contributed by atoms with E-state index >= 15 is 0 Å². The standard InChI is InChI=1S/3C29H22NSi.Sb/c3*1-4-12-25(13-5-1)31(26-14-6-2-7-15-26,27-16-8-3-9-17-27)28-21-19-24(20-22-28)29-18-10-11-23-30-29;/h3*1-19,21-23H;. The van der Waals surface area contributed by atoms with Crippen LogP contribution in [0.4, 0.5) is 0 Å². The van der Waals surface area contributed by atoms with E-state index in [2.05, 4.69) is 364 Å². The van der Waals surface area contributed by atoms with Gasteiger partial charge in [-0.05, 0) is 0 Å². The summed E-state index contributed by atoms with van der Waals surface area (Å²) in [5, 5.41) is 15.7. The fourth-order valence-corrected chi connectivity index (χ4v) is 38.2. The van der Waals surface area contributed by atoms with E-state index in [1.165, 1.54) is 72.8 Å². The fourth-order valence-electron chi connectivity index (χ4n) is 14.6. The van der Waals surface area contributed by atoms with Gasteiger partial charge in [0.2, 0.25) is 0 Å². The Morgan fingerprint density at radius 2 is 0.351 bits per heavy atom. The Hall–Kier alpha value is -10.4. The first-order valence-electron chi connectivity index (χ1n) is 32.1. The molecule has 0 atom stereocenters. The quantitative estimate of drug-likeness (QED) is 0.0636. The molecule has 15 aromatic rings. The molecule has 0 spiro atoms. The van der Waals surface area contributed by atoms with Crippen LogP contribution in [0.3, 0.4) is 0 Å². The number of nitrogens with zero attached hydrogens (tertiary/aromatic N) is 3. The van der Waals surface area contributed by atoms with Gasteiger partial charge in [0, 0.05) is 0 Å². The molecule has 0 amide bonds. The molecule has 0 saturated heterocycles. The number of pyridine rings is 3. The molecule has 7 heteroatoms. The van der Waals surface area contributed by atoms with Gasteiger partial charge in [-0.25, -0.2) is 0 Å². The number of benzene rings is 12. The maximum absolute atomic E-state index is 5.39. The SMILES string of the molecule is c1ccc([Si](c2ccccc2)(c2ccccc2)c2ccc(-c3ccccn3)[c]([Sb]([c]3cc([Si](c4ccccc4)(c4ccccc4)c4ccccc4)ccc3-c3ccccn3)[c]3cc([Si](c4ccccc4)(c4ccccc4)c4ccccc4)ccc3-c3ccccn3)c2)cc1. The van der Waals surface area contributed by atoms with Gasteiger partial charge >= 0.3 is 567 Å². The van der Waals surface area contributed by atoms with Crippen LogP contribution in [0.1, 0.15) is 0 Å². The third-order valence-corrected chi connectivity index (χ3v) is 40.3. The van der Waals surface area contributed by atoms with E-state index in [4.69, 9.17) is 15.0 Å². The van der Waals surface area contributed by atoms with Crippen LogP contribution < -0.4 is 72.8 Å². The Morgan fingerprint density at radius 3 is 0.521 bits per heavy atom. The van der Waals surface area contributed by atoms with E-state index in [0.717, 1.165) is 33.8 Å². The van der Waals surface area contributed by atoms with Gasteiger partial charge in [-0.3, -0.25) is 0 Å². The van der Waals surface area contributed by atoms with Crippen LogP contribution in [-0.2, 0) is 0 Å². The molecule has 0 bridgehead atoms. The van der Waals surface area contributed by atoms with E-state index in [9.17, 15) is 0 Å². The first kappa shape index (κ1) is 59.8. The second-order valence-electron chi connectivity index (χ2n) is 23.7. The van der Waals surface area contributed by atoms with Crippen molar-refractivity contribution in [1.82, 2.24) is 15.0 Å². The average molecular weight is 1360 g/mol. The van der Waals surface area contributed by atoms with Crippen molar-refractivity contribution in [3.05, 3.63) is 401 Å². The van der Waals surface area contributed by atoms with Crippen LogP contribution in [-0.4, -0.2) is 59.4 Å². The summed E-state index contributed by atoms with van der Waals surface area (Å²) >= 11 is -3.97. The molecule has 0 aliphatic rings. The first-order valence-corrected chi connectivity index (χ1v) is 42.0. The van der Waals surface area contributed by atoms with Crippen molar-refractivity contribution in [3.8, 4) is 33.8 Å². The Bertz CT molecular complexity index is 4180. The van der Waals surface area contributed by atoms with Gasteiger partial charge in [-0.15, -0.1) is 0 Å². The number of hydrogen-bond acceptors (Lipinski definition) is 3. The van der Waals surface area contributed by atoms with E-state index < -0.39 is 44.4 Å². The molecule has 3 nitrogen and oxygen atoms in total. The predicted molar refractivity (Wildman–Crippen MR) is 405 cm³/mol. The van der Waals surface area contributed by atoms with Crippen LogP contribution in [0.5, 0.6) is 0 Å². The number of hydrogen-bond donors (Lipinski definition) is 0. The van der Waals surface area contributed by atoms with Crippen LogP contribution in [0.2, 0.25) is 0 Å². The van der Waals surface area contributed by atoms with Crippen molar-refractivity contribution in [2.24, 2.45) is 0 Å². The molecule has 3 aromatic heterocycles. The third-order valence-electron chi connectivity index (χ3n) is 18.7. The monoisotopic (exact) mass is 1360 g/mol. The van der Waals surface area contributed by atoms with E-state index in [0.29, 0.717) is 0 Å². The van der Waals surface area contributed by atoms with Crippen molar-refractivity contribution < 1.29 is 0 Å². The van der Waals surface area contributed by atoms with Gasteiger partial charge < -0.3 is 0 Å². The molecular weight excluding hydrogens is 1290 g/mol. The van der Waals surface area contributed by atoms with E-state index in [-0.39, 0.29) is 0 Å². The molecular formula is C87H66N3SbSi3. The summed E-state index contributed by atoms with van der Waals surface area (Å²) in [5.41, 5.74) is 6.15. The molecule has 0 saturated carbocycles. The molecule has 0 unspecified atom stereocenters. The minimum atomic E-state index is -3.97. The van der Waals surface area contributed by atoms with Gasteiger partial charge in [0.1, 0.15) is 0 Å². The van der Waals surface area contributed by atoms with Crippen LogP contribution in [0.15, 0.2) is 401 Å². The Balaban J connectivity index is 1.17. The normalized spacial score (nSPS) is 11.7. The summed E-state index contributed by atoms with van der Waals surface area (Å²) in [7, 11) is -9.62. The van der Waals surface area contributed by atoms with Crippen LogP contribution in [0, 0.1) is 0 Å². The number of rotatable bonds is 18. The molecule has 94 heavy (non-hydrogen) atoms. The van der Waals surface area contributed by atoms with Crippen molar-refractivity contribution >= 4 is 117 Å². The summed E-state index contributed by atoms with van der Waals surface area (Å²) in [4.78, 5) is 16.2. The van der Waals surface area contributed by atoms with E-state index in [1.807, 2.05) is 36.8 Å². The summed E-state index contributed by atoms with van der Waals surface area (Å²) in [6.07, 6.45) is 5.89. The molecule has 446 valence electrons. The van der Waals surface area contributed by atoms with Gasteiger partial charge in [0.15, 0.2) is 0 Å². The van der Waals surface area contributed by atoms with E-state index in [1.54, 1.807) is 0 Å². The van der Waals surface area contributed by atoms with Gasteiger partial charge in [0.25, 0.3) is 0 Å². The van der Waals surface area contributed by atoms with Crippen LogP contribution >= 0.6 is 0 Å². The van der Waals surface area contributed by atoms with Gasteiger partial charge in [-0.2, -0.15) is 0 Å². The summed E-state index contributed by atoms with van der Waals surface area (Å²) in [5.74, 6) is 0.